The van der Waals surface area contributed by atoms with Crippen molar-refractivity contribution in [3.05, 3.63) is 71.0 Å². The molecule has 0 heterocycles. The summed E-state index contributed by atoms with van der Waals surface area (Å²) < 4.78 is 13.2. The summed E-state index contributed by atoms with van der Waals surface area (Å²) in [5.74, 6) is -1.00. The normalized spacial score (nSPS) is 11.9. The Morgan fingerprint density at radius 1 is 1.08 bits per heavy atom. The lowest BCUT2D eigenvalue weighted by molar-refractivity contribution is -0.124. The topological polar surface area (TPSA) is 58.2 Å². The fourth-order valence-electron chi connectivity index (χ4n) is 2.53. The number of carbonyl (C=O) groups excluding carboxylic acids is 2. The van der Waals surface area contributed by atoms with Gasteiger partial charge >= 0.3 is 0 Å². The first-order valence-corrected chi connectivity index (χ1v) is 8.27. The molecule has 0 fully saturated rings. The average molecular weight is 342 g/mol. The van der Waals surface area contributed by atoms with E-state index in [0.717, 1.165) is 5.56 Å². The molecule has 0 aliphatic carbocycles. The highest BCUT2D eigenvalue weighted by molar-refractivity contribution is 5.98. The van der Waals surface area contributed by atoms with Gasteiger partial charge in [0.25, 0.3) is 5.91 Å². The minimum absolute atomic E-state index is 0.0829. The van der Waals surface area contributed by atoms with Crippen molar-refractivity contribution in [2.75, 3.05) is 0 Å². The van der Waals surface area contributed by atoms with Crippen LogP contribution in [0.25, 0.3) is 0 Å². The summed E-state index contributed by atoms with van der Waals surface area (Å²) in [7, 11) is 0. The molecular weight excluding hydrogens is 319 g/mol. The smallest absolute Gasteiger partial charge is 0.252 e. The maximum Gasteiger partial charge on any atom is 0.252 e. The van der Waals surface area contributed by atoms with E-state index in [2.05, 4.69) is 10.6 Å². The molecule has 0 saturated carbocycles. The lowest BCUT2D eigenvalue weighted by Gasteiger charge is -2.22. The molecule has 132 valence electrons. The summed E-state index contributed by atoms with van der Waals surface area (Å²) in [5, 5.41) is 5.55. The Kier molecular flexibility index (Phi) is 6.28. The van der Waals surface area contributed by atoms with Gasteiger partial charge in [-0.05, 0) is 42.2 Å². The van der Waals surface area contributed by atoms with Crippen molar-refractivity contribution < 1.29 is 14.0 Å². The van der Waals surface area contributed by atoms with Crippen molar-refractivity contribution in [1.82, 2.24) is 10.6 Å². The van der Waals surface area contributed by atoms with Crippen molar-refractivity contribution in [3.63, 3.8) is 0 Å². The van der Waals surface area contributed by atoms with Crippen molar-refractivity contribution in [1.29, 1.82) is 0 Å². The number of hydrogen-bond acceptors (Lipinski definition) is 2. The molecule has 0 aliphatic heterocycles. The number of benzene rings is 2. The van der Waals surface area contributed by atoms with E-state index in [9.17, 15) is 14.0 Å². The van der Waals surface area contributed by atoms with Crippen LogP contribution in [-0.4, -0.2) is 17.9 Å². The Balaban J connectivity index is 2.03. The maximum atomic E-state index is 13.2. The lowest BCUT2D eigenvalue weighted by atomic mass is 10.0. The first-order chi connectivity index (χ1) is 11.9. The van der Waals surface area contributed by atoms with E-state index < -0.39 is 6.04 Å². The van der Waals surface area contributed by atoms with Crippen LogP contribution in [0.2, 0.25) is 0 Å². The maximum absolute atomic E-state index is 13.2. The van der Waals surface area contributed by atoms with Crippen LogP contribution in [0.1, 0.15) is 35.3 Å². The average Bonchev–Trinajstić information content (AvgIpc) is 2.57. The van der Waals surface area contributed by atoms with E-state index in [1.165, 1.54) is 12.1 Å². The highest BCUT2D eigenvalue weighted by atomic mass is 19.1. The molecule has 2 aromatic carbocycles. The standard InChI is InChI=1S/C20H23FN2O2/c1-13(2)18(23-19(24)17-10-5-4-7-14(17)3)20(25)22-12-15-8-6-9-16(21)11-15/h4-11,13,18H,12H2,1-3H3,(H,22,25)(H,23,24). The zero-order valence-corrected chi connectivity index (χ0v) is 14.7. The van der Waals surface area contributed by atoms with Crippen molar-refractivity contribution in [2.45, 2.75) is 33.4 Å². The van der Waals surface area contributed by atoms with Gasteiger partial charge in [-0.3, -0.25) is 9.59 Å². The van der Waals surface area contributed by atoms with E-state index in [1.54, 1.807) is 24.3 Å². The Morgan fingerprint density at radius 3 is 2.44 bits per heavy atom. The van der Waals surface area contributed by atoms with Crippen LogP contribution in [0.3, 0.4) is 0 Å². The molecule has 2 N–H and O–H groups in total. The number of rotatable bonds is 6. The number of amides is 2. The molecular formula is C20H23FN2O2. The van der Waals surface area contributed by atoms with Crippen LogP contribution in [0.4, 0.5) is 4.39 Å². The number of halogens is 1. The van der Waals surface area contributed by atoms with E-state index in [1.807, 2.05) is 32.9 Å². The van der Waals surface area contributed by atoms with Gasteiger partial charge in [-0.25, -0.2) is 4.39 Å². The third kappa shape index (κ3) is 5.14. The van der Waals surface area contributed by atoms with Gasteiger partial charge < -0.3 is 10.6 Å². The fourth-order valence-corrected chi connectivity index (χ4v) is 2.53. The zero-order valence-electron chi connectivity index (χ0n) is 14.7. The number of carbonyl (C=O) groups is 2. The van der Waals surface area contributed by atoms with Crippen LogP contribution >= 0.6 is 0 Å². The molecule has 0 bridgehead atoms. The SMILES string of the molecule is Cc1ccccc1C(=O)NC(C(=O)NCc1cccc(F)c1)C(C)C. The van der Waals surface area contributed by atoms with Gasteiger partial charge in [-0.15, -0.1) is 0 Å². The molecule has 2 rings (SSSR count). The monoisotopic (exact) mass is 342 g/mol. The Hall–Kier alpha value is -2.69. The summed E-state index contributed by atoms with van der Waals surface area (Å²) in [6.07, 6.45) is 0. The summed E-state index contributed by atoms with van der Waals surface area (Å²) in [6, 6.07) is 12.6. The molecule has 0 aliphatic rings. The van der Waals surface area contributed by atoms with Crippen molar-refractivity contribution in [3.8, 4) is 0 Å². The van der Waals surface area contributed by atoms with Gasteiger partial charge in [0.15, 0.2) is 0 Å². The first-order valence-electron chi connectivity index (χ1n) is 8.27. The van der Waals surface area contributed by atoms with E-state index in [4.69, 9.17) is 0 Å². The number of aryl methyl sites for hydroxylation is 1. The molecule has 0 saturated heterocycles. The highest BCUT2D eigenvalue weighted by Crippen LogP contribution is 2.10. The van der Waals surface area contributed by atoms with Crippen LogP contribution in [0, 0.1) is 18.7 Å². The van der Waals surface area contributed by atoms with Crippen LogP contribution in [-0.2, 0) is 11.3 Å². The number of hydrogen-bond donors (Lipinski definition) is 2. The molecule has 2 aromatic rings. The first kappa shape index (κ1) is 18.6. The Bertz CT molecular complexity index is 759. The van der Waals surface area contributed by atoms with Gasteiger partial charge in [-0.2, -0.15) is 0 Å². The van der Waals surface area contributed by atoms with E-state index in [-0.39, 0.29) is 30.1 Å². The Morgan fingerprint density at radius 2 is 1.80 bits per heavy atom. The van der Waals surface area contributed by atoms with Crippen LogP contribution in [0.5, 0.6) is 0 Å². The lowest BCUT2D eigenvalue weighted by Crippen LogP contribution is -2.49. The molecule has 25 heavy (non-hydrogen) atoms. The van der Waals surface area contributed by atoms with Gasteiger partial charge in [-0.1, -0.05) is 44.2 Å². The third-order valence-electron chi connectivity index (χ3n) is 3.98. The molecule has 1 unspecified atom stereocenters. The molecule has 1 atom stereocenters. The molecule has 0 spiro atoms. The minimum atomic E-state index is -0.666. The second-order valence-electron chi connectivity index (χ2n) is 6.36. The van der Waals surface area contributed by atoms with Crippen molar-refractivity contribution >= 4 is 11.8 Å². The van der Waals surface area contributed by atoms with Crippen LogP contribution in [0.15, 0.2) is 48.5 Å². The van der Waals surface area contributed by atoms with Gasteiger partial charge in [0.05, 0.1) is 0 Å². The third-order valence-corrected chi connectivity index (χ3v) is 3.98. The second-order valence-corrected chi connectivity index (χ2v) is 6.36. The molecule has 5 heteroatoms. The molecule has 0 radical (unpaired) electrons. The number of nitrogens with one attached hydrogen (secondary N) is 2. The van der Waals surface area contributed by atoms with E-state index in [0.29, 0.717) is 11.1 Å². The van der Waals surface area contributed by atoms with Crippen LogP contribution < -0.4 is 10.6 Å². The highest BCUT2D eigenvalue weighted by Gasteiger charge is 2.24. The molecule has 4 nitrogen and oxygen atoms in total. The Labute approximate surface area is 147 Å². The largest absolute Gasteiger partial charge is 0.350 e. The molecule has 2 amide bonds. The van der Waals surface area contributed by atoms with Gasteiger partial charge in [0.1, 0.15) is 11.9 Å². The summed E-state index contributed by atoms with van der Waals surface area (Å²) in [4.78, 5) is 24.9. The zero-order chi connectivity index (χ0) is 18.4. The van der Waals surface area contributed by atoms with Gasteiger partial charge in [0, 0.05) is 12.1 Å². The fraction of sp³-hybridized carbons (Fsp3) is 0.300. The van der Waals surface area contributed by atoms with Crippen molar-refractivity contribution in [2.24, 2.45) is 5.92 Å². The quantitative estimate of drug-likeness (QED) is 0.847. The predicted octanol–water partition coefficient (Wildman–Crippen LogP) is 3.20. The summed E-state index contributed by atoms with van der Waals surface area (Å²) >= 11 is 0. The van der Waals surface area contributed by atoms with Gasteiger partial charge in [0.2, 0.25) is 5.91 Å². The summed E-state index contributed by atoms with van der Waals surface area (Å²) in [5.41, 5.74) is 2.06. The molecule has 0 aromatic heterocycles. The predicted molar refractivity (Wildman–Crippen MR) is 95.5 cm³/mol. The van der Waals surface area contributed by atoms with E-state index >= 15 is 0 Å². The second kappa shape index (κ2) is 8.42. The summed E-state index contributed by atoms with van der Waals surface area (Å²) in [6.45, 7) is 5.79. The minimum Gasteiger partial charge on any atom is -0.350 e.